The first-order chi connectivity index (χ1) is 10.5. The number of nitro groups is 1. The summed E-state index contributed by atoms with van der Waals surface area (Å²) in [5.74, 6) is 0. The van der Waals surface area contributed by atoms with Gasteiger partial charge in [-0.3, -0.25) is 10.1 Å². The fourth-order valence-electron chi connectivity index (χ4n) is 2.80. The Hall–Kier alpha value is -1.44. The molecule has 1 fully saturated rings. The van der Waals surface area contributed by atoms with Crippen LogP contribution >= 0.6 is 23.8 Å². The molecular weight excluding hydrogens is 324 g/mol. The topological polar surface area (TPSA) is 71.6 Å². The van der Waals surface area contributed by atoms with Crippen LogP contribution in [0, 0.1) is 10.1 Å². The van der Waals surface area contributed by atoms with Crippen LogP contribution in [-0.2, 0) is 0 Å². The molecule has 0 radical (unpaired) electrons. The lowest BCUT2D eigenvalue weighted by molar-refractivity contribution is -0.909. The van der Waals surface area contributed by atoms with Gasteiger partial charge >= 0.3 is 0 Å². The van der Waals surface area contributed by atoms with Gasteiger partial charge in [0.2, 0.25) is 0 Å². The molecule has 2 rings (SSSR count). The van der Waals surface area contributed by atoms with Crippen molar-refractivity contribution < 1.29 is 9.82 Å². The number of hydrogen-bond acceptors (Lipinski definition) is 3. The minimum Gasteiger partial charge on any atom is -0.356 e. The van der Waals surface area contributed by atoms with E-state index >= 15 is 0 Å². The number of nitrogens with zero attached hydrogens (tertiary/aromatic N) is 1. The largest absolute Gasteiger partial charge is 0.356 e. The molecule has 0 bridgehead atoms. The van der Waals surface area contributed by atoms with Crippen LogP contribution in [0.15, 0.2) is 18.2 Å². The summed E-state index contributed by atoms with van der Waals surface area (Å²) in [5, 5.41) is 17.8. The Morgan fingerprint density at radius 3 is 3.05 bits per heavy atom. The molecule has 6 nitrogen and oxygen atoms in total. The average Bonchev–Trinajstić information content (AvgIpc) is 2.94. The fourth-order valence-corrected chi connectivity index (χ4v) is 3.16. The highest BCUT2D eigenvalue weighted by Crippen LogP contribution is 2.26. The highest BCUT2D eigenvalue weighted by atomic mass is 35.5. The number of likely N-dealkylation sites (tertiary alicyclic amines) is 1. The van der Waals surface area contributed by atoms with Crippen LogP contribution in [0.5, 0.6) is 0 Å². The quantitative estimate of drug-likeness (QED) is 0.430. The van der Waals surface area contributed by atoms with Crippen LogP contribution < -0.4 is 15.5 Å². The number of nitrogens with one attached hydrogen (secondary N) is 3. The van der Waals surface area contributed by atoms with E-state index in [1.54, 1.807) is 4.90 Å². The van der Waals surface area contributed by atoms with Crippen molar-refractivity contribution in [3.63, 3.8) is 0 Å². The molecule has 120 valence electrons. The number of benzene rings is 1. The Bertz CT molecular complexity index is 570. The third-order valence-corrected chi connectivity index (χ3v) is 4.58. The third kappa shape index (κ3) is 4.28. The average molecular weight is 344 g/mol. The van der Waals surface area contributed by atoms with Crippen LogP contribution in [0.1, 0.15) is 19.8 Å². The molecule has 3 N–H and O–H groups in total. The standard InChI is InChI=1S/C14H19ClN4O2S/c1-2-18-7-3-4-11(18)9-16-14(22)17-13-8-10(19(20)21)5-6-12(13)15/h5-6,8,11H,2-4,7,9H2,1H3,(H2,16,17,22)/p+1/t11-/m1/s1. The summed E-state index contributed by atoms with van der Waals surface area (Å²) in [5.41, 5.74) is 0.423. The van der Waals surface area contributed by atoms with Gasteiger partial charge in [-0.05, 0) is 25.2 Å². The SMILES string of the molecule is CC[NH+]1CCC[C@@H]1CNC(=S)Nc1cc([N+](=O)[O-])ccc1Cl. The molecular formula is C14H20ClN4O2S+. The summed E-state index contributed by atoms with van der Waals surface area (Å²) >= 11 is 11.3. The predicted molar refractivity (Wildman–Crippen MR) is 91.7 cm³/mol. The van der Waals surface area contributed by atoms with Crippen molar-refractivity contribution >= 4 is 40.3 Å². The van der Waals surface area contributed by atoms with Crippen LogP contribution in [-0.4, -0.2) is 35.7 Å². The number of hydrogen-bond donors (Lipinski definition) is 3. The van der Waals surface area contributed by atoms with Crippen molar-refractivity contribution in [3.8, 4) is 0 Å². The van der Waals surface area contributed by atoms with E-state index in [1.165, 1.54) is 37.6 Å². The molecule has 0 aromatic heterocycles. The van der Waals surface area contributed by atoms with Gasteiger partial charge in [0, 0.05) is 25.0 Å². The van der Waals surface area contributed by atoms with E-state index in [-0.39, 0.29) is 5.69 Å². The second kappa shape index (κ2) is 7.71. The van der Waals surface area contributed by atoms with Crippen molar-refractivity contribution in [1.82, 2.24) is 5.32 Å². The predicted octanol–water partition coefficient (Wildman–Crippen LogP) is 1.60. The molecule has 0 saturated carbocycles. The highest BCUT2D eigenvalue weighted by Gasteiger charge is 2.26. The Morgan fingerprint density at radius 1 is 1.59 bits per heavy atom. The van der Waals surface area contributed by atoms with Crippen LogP contribution in [0.25, 0.3) is 0 Å². The summed E-state index contributed by atoms with van der Waals surface area (Å²) in [4.78, 5) is 11.9. The maximum Gasteiger partial charge on any atom is 0.271 e. The number of anilines is 1. The molecule has 1 heterocycles. The van der Waals surface area contributed by atoms with E-state index in [1.807, 2.05) is 0 Å². The van der Waals surface area contributed by atoms with Crippen LogP contribution in [0.4, 0.5) is 11.4 Å². The molecule has 0 spiro atoms. The number of quaternary nitrogens is 1. The maximum absolute atomic E-state index is 10.8. The molecule has 8 heteroatoms. The zero-order chi connectivity index (χ0) is 16.1. The normalized spacial score (nSPS) is 20.6. The lowest BCUT2D eigenvalue weighted by Gasteiger charge is -2.21. The molecule has 1 unspecified atom stereocenters. The Labute approximate surface area is 140 Å². The molecule has 1 aliphatic heterocycles. The number of nitro benzene ring substituents is 1. The molecule has 1 aromatic rings. The van der Waals surface area contributed by atoms with Gasteiger partial charge in [0.05, 0.1) is 35.3 Å². The van der Waals surface area contributed by atoms with E-state index < -0.39 is 4.92 Å². The number of likely N-dealkylation sites (N-methyl/N-ethyl adjacent to an activating group) is 1. The van der Waals surface area contributed by atoms with Gasteiger partial charge in [-0.25, -0.2) is 0 Å². The van der Waals surface area contributed by atoms with Crippen molar-refractivity contribution in [2.24, 2.45) is 0 Å². The molecule has 0 aliphatic carbocycles. The summed E-state index contributed by atoms with van der Waals surface area (Å²) in [6.07, 6.45) is 2.43. The van der Waals surface area contributed by atoms with Gasteiger partial charge in [-0.1, -0.05) is 11.6 Å². The highest BCUT2D eigenvalue weighted by molar-refractivity contribution is 7.80. The second-order valence-corrected chi connectivity index (χ2v) is 6.17. The van der Waals surface area contributed by atoms with Crippen molar-refractivity contribution in [1.29, 1.82) is 0 Å². The number of thiocarbonyl (C=S) groups is 1. The zero-order valence-corrected chi connectivity index (χ0v) is 14.0. The first-order valence-corrected chi connectivity index (χ1v) is 8.13. The molecule has 2 atom stereocenters. The van der Waals surface area contributed by atoms with Crippen molar-refractivity contribution in [2.45, 2.75) is 25.8 Å². The summed E-state index contributed by atoms with van der Waals surface area (Å²) in [7, 11) is 0. The van der Waals surface area contributed by atoms with Crippen molar-refractivity contribution in [2.75, 3.05) is 25.0 Å². The van der Waals surface area contributed by atoms with Crippen LogP contribution in [0.3, 0.4) is 0 Å². The Balaban J connectivity index is 1.92. The van der Waals surface area contributed by atoms with Gasteiger partial charge in [0.1, 0.15) is 6.04 Å². The third-order valence-electron chi connectivity index (χ3n) is 4.00. The second-order valence-electron chi connectivity index (χ2n) is 5.36. The summed E-state index contributed by atoms with van der Waals surface area (Å²) in [6.45, 7) is 5.30. The zero-order valence-electron chi connectivity index (χ0n) is 12.4. The van der Waals surface area contributed by atoms with E-state index in [0.29, 0.717) is 21.9 Å². The molecule has 1 aromatic carbocycles. The van der Waals surface area contributed by atoms with E-state index in [2.05, 4.69) is 17.6 Å². The van der Waals surface area contributed by atoms with E-state index in [9.17, 15) is 10.1 Å². The van der Waals surface area contributed by atoms with Crippen LogP contribution in [0.2, 0.25) is 5.02 Å². The van der Waals surface area contributed by atoms with E-state index in [0.717, 1.165) is 13.1 Å². The van der Waals surface area contributed by atoms with Gasteiger partial charge < -0.3 is 15.5 Å². The first kappa shape index (κ1) is 16.9. The number of halogens is 1. The van der Waals surface area contributed by atoms with Gasteiger partial charge in [0.15, 0.2) is 5.11 Å². The fraction of sp³-hybridized carbons (Fsp3) is 0.500. The monoisotopic (exact) mass is 343 g/mol. The van der Waals surface area contributed by atoms with Crippen molar-refractivity contribution in [3.05, 3.63) is 33.3 Å². The minimum absolute atomic E-state index is 0.0212. The molecule has 0 amide bonds. The Kier molecular flexibility index (Phi) is 5.93. The molecule has 22 heavy (non-hydrogen) atoms. The maximum atomic E-state index is 10.8. The number of rotatable bonds is 5. The smallest absolute Gasteiger partial charge is 0.271 e. The summed E-state index contributed by atoms with van der Waals surface area (Å²) in [6, 6.07) is 4.80. The van der Waals surface area contributed by atoms with Gasteiger partial charge in [-0.15, -0.1) is 0 Å². The molecule has 1 saturated heterocycles. The molecule has 1 aliphatic rings. The lowest BCUT2D eigenvalue weighted by Crippen LogP contribution is -3.14. The van der Waals surface area contributed by atoms with Gasteiger partial charge in [-0.2, -0.15) is 0 Å². The Morgan fingerprint density at radius 2 is 2.36 bits per heavy atom. The number of non-ortho nitro benzene ring substituents is 1. The minimum atomic E-state index is -0.459. The lowest BCUT2D eigenvalue weighted by atomic mass is 10.2. The summed E-state index contributed by atoms with van der Waals surface area (Å²) < 4.78 is 0. The first-order valence-electron chi connectivity index (χ1n) is 7.34. The van der Waals surface area contributed by atoms with Gasteiger partial charge in [0.25, 0.3) is 5.69 Å². The van der Waals surface area contributed by atoms with E-state index in [4.69, 9.17) is 23.8 Å².